The van der Waals surface area contributed by atoms with Crippen molar-refractivity contribution < 1.29 is 9.59 Å². The van der Waals surface area contributed by atoms with E-state index < -0.39 is 11.6 Å². The molecule has 6 nitrogen and oxygen atoms in total. The van der Waals surface area contributed by atoms with E-state index in [-0.39, 0.29) is 17.7 Å². The third kappa shape index (κ3) is 2.94. The highest BCUT2D eigenvalue weighted by Gasteiger charge is 2.46. The fraction of sp³-hybridized carbons (Fsp3) is 0.667. The Balaban J connectivity index is 2.33. The molecule has 2 unspecified atom stereocenters. The summed E-state index contributed by atoms with van der Waals surface area (Å²) in [6.07, 6.45) is 2.68. The van der Waals surface area contributed by atoms with Crippen LogP contribution in [0.2, 0.25) is 0 Å². The van der Waals surface area contributed by atoms with Gasteiger partial charge in [0, 0.05) is 13.2 Å². The summed E-state index contributed by atoms with van der Waals surface area (Å²) in [5.41, 5.74) is -0.0693. The van der Waals surface area contributed by atoms with Gasteiger partial charge in [0.1, 0.15) is 11.6 Å². The lowest BCUT2D eigenvalue weighted by Gasteiger charge is -2.44. The van der Waals surface area contributed by atoms with Crippen LogP contribution in [-0.4, -0.2) is 38.1 Å². The topological polar surface area (TPSA) is 67.2 Å². The lowest BCUT2D eigenvalue weighted by Crippen LogP contribution is -2.69. The summed E-state index contributed by atoms with van der Waals surface area (Å²) in [7, 11) is 1.84. The van der Waals surface area contributed by atoms with Crippen molar-refractivity contribution in [1.29, 1.82) is 0 Å². The minimum atomic E-state index is -0.865. The van der Waals surface area contributed by atoms with Gasteiger partial charge in [-0.05, 0) is 25.8 Å². The number of carbonyl (C=O) groups is 2. The van der Waals surface area contributed by atoms with Crippen molar-refractivity contribution in [2.75, 3.05) is 0 Å². The van der Waals surface area contributed by atoms with Crippen LogP contribution in [0.15, 0.2) is 12.3 Å². The Labute approximate surface area is 125 Å². The molecule has 1 aromatic rings. The van der Waals surface area contributed by atoms with Crippen molar-refractivity contribution in [2.45, 2.75) is 52.2 Å². The molecule has 1 saturated heterocycles. The van der Waals surface area contributed by atoms with Crippen LogP contribution < -0.4 is 5.32 Å². The van der Waals surface area contributed by atoms with Crippen LogP contribution in [0, 0.1) is 5.92 Å². The predicted octanol–water partition coefficient (Wildman–Crippen LogP) is 1.07. The first-order valence-corrected chi connectivity index (χ1v) is 7.38. The summed E-state index contributed by atoms with van der Waals surface area (Å²) in [4.78, 5) is 26.8. The maximum atomic E-state index is 12.7. The highest BCUT2D eigenvalue weighted by Crippen LogP contribution is 2.25. The average molecular weight is 292 g/mol. The van der Waals surface area contributed by atoms with E-state index in [9.17, 15) is 9.59 Å². The van der Waals surface area contributed by atoms with E-state index >= 15 is 0 Å². The SMILES string of the molecule is CCC(C)C1C(=O)NC(C)(C)C(=O)N1Cc1ccn(C)n1. The predicted molar refractivity (Wildman–Crippen MR) is 79.2 cm³/mol. The second kappa shape index (κ2) is 5.50. The van der Waals surface area contributed by atoms with Gasteiger partial charge in [-0.3, -0.25) is 14.3 Å². The van der Waals surface area contributed by atoms with E-state index in [0.717, 1.165) is 12.1 Å². The normalized spacial score (nSPS) is 23.1. The van der Waals surface area contributed by atoms with Crippen LogP contribution >= 0.6 is 0 Å². The Morgan fingerprint density at radius 3 is 2.62 bits per heavy atom. The summed E-state index contributed by atoms with van der Waals surface area (Å²) in [5.74, 6) is -0.0308. The lowest BCUT2D eigenvalue weighted by atomic mass is 9.89. The third-order valence-corrected chi connectivity index (χ3v) is 4.12. The molecule has 1 N–H and O–H groups in total. The Morgan fingerprint density at radius 1 is 1.43 bits per heavy atom. The molecule has 0 spiro atoms. The van der Waals surface area contributed by atoms with Crippen LogP contribution in [0.3, 0.4) is 0 Å². The molecular formula is C15H24N4O2. The molecule has 0 bridgehead atoms. The zero-order valence-corrected chi connectivity index (χ0v) is 13.4. The highest BCUT2D eigenvalue weighted by atomic mass is 16.2. The monoisotopic (exact) mass is 292 g/mol. The van der Waals surface area contributed by atoms with E-state index in [1.165, 1.54) is 0 Å². The second-order valence-electron chi connectivity index (χ2n) is 6.36. The number of aryl methyl sites for hydroxylation is 1. The molecule has 0 aromatic carbocycles. The summed E-state index contributed by atoms with van der Waals surface area (Å²) in [6, 6.07) is 1.44. The minimum absolute atomic E-state index is 0.0574. The van der Waals surface area contributed by atoms with Crippen molar-refractivity contribution in [3.05, 3.63) is 18.0 Å². The average Bonchev–Trinajstić information content (AvgIpc) is 2.80. The van der Waals surface area contributed by atoms with Crippen molar-refractivity contribution in [1.82, 2.24) is 20.0 Å². The molecule has 1 aliphatic heterocycles. The van der Waals surface area contributed by atoms with E-state index in [2.05, 4.69) is 10.4 Å². The molecule has 6 heteroatoms. The Morgan fingerprint density at radius 2 is 2.10 bits per heavy atom. The summed E-state index contributed by atoms with van der Waals surface area (Å²) < 4.78 is 1.70. The number of nitrogens with one attached hydrogen (secondary N) is 1. The molecule has 2 atom stereocenters. The minimum Gasteiger partial charge on any atom is -0.340 e. The molecular weight excluding hydrogens is 268 g/mol. The van der Waals surface area contributed by atoms with Gasteiger partial charge < -0.3 is 10.2 Å². The zero-order chi connectivity index (χ0) is 15.8. The highest BCUT2D eigenvalue weighted by molar-refractivity contribution is 5.99. The molecule has 1 aromatic heterocycles. The molecule has 0 radical (unpaired) electrons. The van der Waals surface area contributed by atoms with E-state index in [0.29, 0.717) is 6.54 Å². The first kappa shape index (κ1) is 15.5. The first-order valence-electron chi connectivity index (χ1n) is 7.38. The molecule has 1 aliphatic rings. The van der Waals surface area contributed by atoms with Gasteiger partial charge in [0.2, 0.25) is 11.8 Å². The number of hydrogen-bond acceptors (Lipinski definition) is 3. The number of piperazine rings is 1. The van der Waals surface area contributed by atoms with Crippen LogP contribution in [-0.2, 0) is 23.2 Å². The number of rotatable bonds is 4. The van der Waals surface area contributed by atoms with Crippen molar-refractivity contribution in [3.8, 4) is 0 Å². The van der Waals surface area contributed by atoms with Crippen LogP contribution in [0.1, 0.15) is 39.8 Å². The maximum Gasteiger partial charge on any atom is 0.248 e. The quantitative estimate of drug-likeness (QED) is 0.902. The van der Waals surface area contributed by atoms with Crippen molar-refractivity contribution in [2.24, 2.45) is 13.0 Å². The lowest BCUT2D eigenvalue weighted by molar-refractivity contribution is -0.156. The third-order valence-electron chi connectivity index (χ3n) is 4.12. The smallest absolute Gasteiger partial charge is 0.248 e. The number of nitrogens with zero attached hydrogens (tertiary/aromatic N) is 3. The Kier molecular flexibility index (Phi) is 4.07. The maximum absolute atomic E-state index is 12.7. The van der Waals surface area contributed by atoms with Gasteiger partial charge >= 0.3 is 0 Å². The van der Waals surface area contributed by atoms with Crippen LogP contribution in [0.25, 0.3) is 0 Å². The molecule has 1 fully saturated rings. The van der Waals surface area contributed by atoms with Crippen LogP contribution in [0.5, 0.6) is 0 Å². The molecule has 2 amide bonds. The van der Waals surface area contributed by atoms with Crippen molar-refractivity contribution in [3.63, 3.8) is 0 Å². The zero-order valence-electron chi connectivity index (χ0n) is 13.4. The number of aromatic nitrogens is 2. The summed E-state index contributed by atoms with van der Waals surface area (Å²) in [5, 5.41) is 7.16. The number of carbonyl (C=O) groups excluding carboxylic acids is 2. The number of hydrogen-bond donors (Lipinski definition) is 1. The summed E-state index contributed by atoms with van der Waals surface area (Å²) >= 11 is 0. The molecule has 0 aliphatic carbocycles. The van der Waals surface area contributed by atoms with Gasteiger partial charge in [0.05, 0.1) is 12.2 Å². The molecule has 2 rings (SSSR count). The Hall–Kier alpha value is -1.85. The molecule has 2 heterocycles. The fourth-order valence-electron chi connectivity index (χ4n) is 2.74. The number of amides is 2. The van der Waals surface area contributed by atoms with Crippen LogP contribution in [0.4, 0.5) is 0 Å². The fourth-order valence-corrected chi connectivity index (χ4v) is 2.74. The van der Waals surface area contributed by atoms with Gasteiger partial charge in [-0.1, -0.05) is 20.3 Å². The first-order chi connectivity index (χ1) is 9.76. The molecule has 0 saturated carbocycles. The van der Waals surface area contributed by atoms with E-state index in [1.54, 1.807) is 23.4 Å². The second-order valence-corrected chi connectivity index (χ2v) is 6.36. The Bertz CT molecular complexity index is 550. The molecule has 116 valence electrons. The largest absolute Gasteiger partial charge is 0.340 e. The van der Waals surface area contributed by atoms with Gasteiger partial charge in [0.25, 0.3) is 0 Å². The summed E-state index contributed by atoms with van der Waals surface area (Å²) in [6.45, 7) is 7.88. The van der Waals surface area contributed by atoms with Gasteiger partial charge in [-0.2, -0.15) is 5.10 Å². The molecule has 21 heavy (non-hydrogen) atoms. The van der Waals surface area contributed by atoms with Gasteiger partial charge in [-0.25, -0.2) is 0 Å². The van der Waals surface area contributed by atoms with Gasteiger partial charge in [0.15, 0.2) is 0 Å². The van der Waals surface area contributed by atoms with E-state index in [1.807, 2.05) is 33.2 Å². The van der Waals surface area contributed by atoms with Crippen molar-refractivity contribution >= 4 is 11.8 Å². The van der Waals surface area contributed by atoms with E-state index in [4.69, 9.17) is 0 Å². The standard InChI is InChI=1S/C15H24N4O2/c1-6-10(2)12-13(20)16-15(3,4)14(21)19(12)9-11-7-8-18(5)17-11/h7-8,10,12H,6,9H2,1-5H3,(H,16,20). The van der Waals surface area contributed by atoms with Gasteiger partial charge in [-0.15, -0.1) is 0 Å².